The average molecular weight is 476 g/mol. The number of hydrogen-bond donors (Lipinski definition) is 1. The van der Waals surface area contributed by atoms with Crippen molar-refractivity contribution < 1.29 is 32.3 Å². The third kappa shape index (κ3) is 5.29. The number of nitrogens with zero attached hydrogens (tertiary/aromatic N) is 3. The van der Waals surface area contributed by atoms with Gasteiger partial charge in [0.25, 0.3) is 0 Å². The van der Waals surface area contributed by atoms with Crippen molar-refractivity contribution in [1.29, 1.82) is 0 Å². The van der Waals surface area contributed by atoms with E-state index in [2.05, 4.69) is 5.32 Å². The Morgan fingerprint density at radius 1 is 1.12 bits per heavy atom. The molecule has 0 saturated carbocycles. The summed E-state index contributed by atoms with van der Waals surface area (Å²) >= 11 is 0. The van der Waals surface area contributed by atoms with Crippen molar-refractivity contribution in [1.82, 2.24) is 10.2 Å². The molecule has 3 heterocycles. The van der Waals surface area contributed by atoms with E-state index in [-0.39, 0.29) is 37.1 Å². The Hall–Kier alpha value is -3.63. The molecule has 0 unspecified atom stereocenters. The van der Waals surface area contributed by atoms with E-state index in [1.807, 2.05) is 4.90 Å². The highest BCUT2D eigenvalue weighted by atomic mass is 19.1. The number of hydrogen-bond acceptors (Lipinski definition) is 6. The molecule has 11 heteroatoms. The first-order valence-electron chi connectivity index (χ1n) is 11.0. The molecule has 2 aliphatic rings. The lowest BCUT2D eigenvalue weighted by Gasteiger charge is -2.36. The molecule has 1 N–H and O–H groups in total. The van der Waals surface area contributed by atoms with Crippen LogP contribution in [0.25, 0.3) is 0 Å². The topological polar surface area (TPSA) is 95.3 Å². The van der Waals surface area contributed by atoms with Gasteiger partial charge in [-0.05, 0) is 30.3 Å². The molecule has 2 fully saturated rings. The fourth-order valence-corrected chi connectivity index (χ4v) is 4.06. The predicted molar refractivity (Wildman–Crippen MR) is 119 cm³/mol. The van der Waals surface area contributed by atoms with Crippen LogP contribution in [-0.4, -0.2) is 68.2 Å². The van der Waals surface area contributed by atoms with Gasteiger partial charge in [-0.1, -0.05) is 0 Å². The maximum absolute atomic E-state index is 14.9. The number of rotatable bonds is 7. The molecule has 2 aliphatic heterocycles. The summed E-state index contributed by atoms with van der Waals surface area (Å²) in [5, 5.41) is 2.60. The summed E-state index contributed by atoms with van der Waals surface area (Å²) in [7, 11) is 0. The van der Waals surface area contributed by atoms with Crippen LogP contribution in [0.1, 0.15) is 18.4 Å². The predicted octanol–water partition coefficient (Wildman–Crippen LogP) is 2.24. The zero-order valence-electron chi connectivity index (χ0n) is 18.8. The number of anilines is 2. The molecule has 4 rings (SSSR count). The third-order valence-corrected chi connectivity index (χ3v) is 5.84. The van der Waals surface area contributed by atoms with Crippen LogP contribution < -0.4 is 15.1 Å². The van der Waals surface area contributed by atoms with Crippen molar-refractivity contribution in [3.05, 3.63) is 47.7 Å². The zero-order valence-corrected chi connectivity index (χ0v) is 18.8. The maximum Gasteiger partial charge on any atom is 0.414 e. The van der Waals surface area contributed by atoms with Crippen molar-refractivity contribution in [3.8, 4) is 0 Å². The van der Waals surface area contributed by atoms with Crippen LogP contribution >= 0.6 is 0 Å². The van der Waals surface area contributed by atoms with Crippen molar-refractivity contribution in [2.75, 3.05) is 49.1 Å². The standard InChI is InChI=1S/C23H26F2N4O5/c1-15(30)26-13-19-14-29(23(32)34-19)16-2-5-21(20(25)10-16)27-6-8-28(9-7-27)22(31)11-17-3-4-18(12-24)33-17/h2-5,10,19H,6-9,11-14H2,1H3,(H,26,30)/t19-/m0/s1. The Kier molecular flexibility index (Phi) is 6.99. The summed E-state index contributed by atoms with van der Waals surface area (Å²) in [6.07, 6.45) is -1.04. The number of ether oxygens (including phenoxy) is 1. The van der Waals surface area contributed by atoms with Crippen LogP contribution in [0.15, 0.2) is 34.7 Å². The van der Waals surface area contributed by atoms with Gasteiger partial charge < -0.3 is 24.3 Å². The lowest BCUT2D eigenvalue weighted by Crippen LogP contribution is -2.49. The second kappa shape index (κ2) is 10.1. The van der Waals surface area contributed by atoms with Gasteiger partial charge >= 0.3 is 6.09 Å². The van der Waals surface area contributed by atoms with Gasteiger partial charge in [-0.2, -0.15) is 0 Å². The molecule has 34 heavy (non-hydrogen) atoms. The minimum absolute atomic E-state index is 0.0535. The molecule has 9 nitrogen and oxygen atoms in total. The number of halogens is 2. The monoisotopic (exact) mass is 476 g/mol. The Balaban J connectivity index is 1.33. The fourth-order valence-electron chi connectivity index (χ4n) is 4.06. The number of cyclic esters (lactones) is 1. The number of nitrogens with one attached hydrogen (secondary N) is 1. The largest absolute Gasteiger partial charge is 0.463 e. The smallest absolute Gasteiger partial charge is 0.414 e. The highest BCUT2D eigenvalue weighted by Gasteiger charge is 2.33. The first-order valence-corrected chi connectivity index (χ1v) is 11.0. The van der Waals surface area contributed by atoms with Crippen LogP contribution in [0.3, 0.4) is 0 Å². The molecule has 0 spiro atoms. The first-order chi connectivity index (χ1) is 16.3. The summed E-state index contributed by atoms with van der Waals surface area (Å²) in [4.78, 5) is 40.6. The van der Waals surface area contributed by atoms with E-state index in [0.717, 1.165) is 0 Å². The molecule has 2 aromatic rings. The number of furan rings is 1. The highest BCUT2D eigenvalue weighted by Crippen LogP contribution is 2.28. The number of piperazine rings is 1. The molecular weight excluding hydrogens is 450 g/mol. The number of carbonyl (C=O) groups excluding carboxylic acids is 3. The van der Waals surface area contributed by atoms with E-state index in [0.29, 0.717) is 43.3 Å². The van der Waals surface area contributed by atoms with E-state index in [4.69, 9.17) is 9.15 Å². The van der Waals surface area contributed by atoms with Crippen molar-refractivity contribution in [3.63, 3.8) is 0 Å². The van der Waals surface area contributed by atoms with Crippen LogP contribution in [-0.2, 0) is 27.4 Å². The first kappa shape index (κ1) is 23.5. The van der Waals surface area contributed by atoms with Gasteiger partial charge in [0.1, 0.15) is 30.1 Å². The molecule has 0 bridgehead atoms. The van der Waals surface area contributed by atoms with E-state index >= 15 is 0 Å². The van der Waals surface area contributed by atoms with Crippen molar-refractivity contribution in [2.45, 2.75) is 26.1 Å². The molecule has 0 aliphatic carbocycles. The second-order valence-corrected chi connectivity index (χ2v) is 8.24. The summed E-state index contributed by atoms with van der Waals surface area (Å²) in [6, 6.07) is 7.65. The van der Waals surface area contributed by atoms with Crippen LogP contribution in [0.2, 0.25) is 0 Å². The summed E-state index contributed by atoms with van der Waals surface area (Å²) < 4.78 is 38.0. The number of benzene rings is 1. The SMILES string of the molecule is CC(=O)NC[C@H]1CN(c2ccc(N3CCN(C(=O)Cc4ccc(CF)o4)CC3)c(F)c2)C(=O)O1. The van der Waals surface area contributed by atoms with Gasteiger partial charge in [-0.25, -0.2) is 13.6 Å². The summed E-state index contributed by atoms with van der Waals surface area (Å²) in [6.45, 7) is 2.79. The van der Waals surface area contributed by atoms with E-state index in [1.54, 1.807) is 23.1 Å². The minimum atomic E-state index is -0.714. The third-order valence-electron chi connectivity index (χ3n) is 5.84. The van der Waals surface area contributed by atoms with Crippen LogP contribution in [0.5, 0.6) is 0 Å². The number of carbonyl (C=O) groups is 3. The zero-order chi connectivity index (χ0) is 24.2. The number of alkyl halides is 1. The molecule has 3 amide bonds. The minimum Gasteiger partial charge on any atom is -0.463 e. The Bertz CT molecular complexity index is 1070. The van der Waals surface area contributed by atoms with Gasteiger partial charge in [-0.3, -0.25) is 14.5 Å². The van der Waals surface area contributed by atoms with Gasteiger partial charge in [-0.15, -0.1) is 0 Å². The molecule has 0 radical (unpaired) electrons. The summed E-state index contributed by atoms with van der Waals surface area (Å²) in [5.41, 5.74) is 0.758. The van der Waals surface area contributed by atoms with E-state index in [1.165, 1.54) is 24.0 Å². The quantitative estimate of drug-likeness (QED) is 0.659. The molecular formula is C23H26F2N4O5. The number of amides is 3. The second-order valence-electron chi connectivity index (χ2n) is 8.24. The van der Waals surface area contributed by atoms with E-state index < -0.39 is 24.7 Å². The Labute approximate surface area is 195 Å². The maximum atomic E-state index is 14.9. The van der Waals surface area contributed by atoms with Gasteiger partial charge in [0, 0.05) is 33.1 Å². The van der Waals surface area contributed by atoms with Gasteiger partial charge in [0.2, 0.25) is 11.8 Å². The molecule has 2 saturated heterocycles. The lowest BCUT2D eigenvalue weighted by molar-refractivity contribution is -0.131. The Morgan fingerprint density at radius 2 is 1.85 bits per heavy atom. The molecule has 1 atom stereocenters. The van der Waals surface area contributed by atoms with Gasteiger partial charge in [0.15, 0.2) is 0 Å². The van der Waals surface area contributed by atoms with Crippen LogP contribution in [0.4, 0.5) is 25.0 Å². The lowest BCUT2D eigenvalue weighted by atomic mass is 10.2. The highest BCUT2D eigenvalue weighted by molar-refractivity contribution is 5.90. The molecule has 1 aromatic carbocycles. The van der Waals surface area contributed by atoms with Gasteiger partial charge in [0.05, 0.1) is 30.9 Å². The van der Waals surface area contributed by atoms with Crippen molar-refractivity contribution >= 4 is 29.3 Å². The normalized spacial score (nSPS) is 18.3. The molecule has 1 aromatic heterocycles. The Morgan fingerprint density at radius 3 is 2.50 bits per heavy atom. The van der Waals surface area contributed by atoms with Crippen molar-refractivity contribution in [2.24, 2.45) is 0 Å². The fraction of sp³-hybridized carbons (Fsp3) is 0.435. The summed E-state index contributed by atoms with van der Waals surface area (Å²) in [5.74, 6) is -0.224. The van der Waals surface area contributed by atoms with Crippen LogP contribution in [0, 0.1) is 5.82 Å². The molecule has 182 valence electrons. The average Bonchev–Trinajstić information content (AvgIpc) is 3.43. The van der Waals surface area contributed by atoms with E-state index in [9.17, 15) is 23.2 Å².